The van der Waals surface area contributed by atoms with Crippen molar-refractivity contribution in [3.63, 3.8) is 0 Å². The van der Waals surface area contributed by atoms with E-state index in [-0.39, 0.29) is 6.04 Å². The molecule has 2 N–H and O–H groups in total. The average Bonchev–Trinajstić information content (AvgIpc) is 2.95. The number of aliphatic carboxylic acids is 1. The zero-order valence-corrected chi connectivity index (χ0v) is 24.5. The first kappa shape index (κ1) is 30.7. The monoisotopic (exact) mass is 580 g/mol. The minimum Gasteiger partial charge on any atom is -0.480 e. The van der Waals surface area contributed by atoms with Crippen molar-refractivity contribution < 1.29 is 23.5 Å². The molecule has 0 saturated heterocycles. The van der Waals surface area contributed by atoms with Crippen molar-refractivity contribution in [1.29, 1.82) is 0 Å². The van der Waals surface area contributed by atoms with Crippen molar-refractivity contribution in [2.75, 3.05) is 12.0 Å². The van der Waals surface area contributed by atoms with Gasteiger partial charge in [0.25, 0.3) is 5.91 Å². The van der Waals surface area contributed by atoms with Crippen molar-refractivity contribution in [2.45, 2.75) is 70.6 Å². The molecule has 1 aliphatic rings. The third-order valence-corrected chi connectivity index (χ3v) is 8.41. The summed E-state index contributed by atoms with van der Waals surface area (Å²) in [5.41, 5.74) is 4.59. The Kier molecular flexibility index (Phi) is 10.9. The van der Waals surface area contributed by atoms with Gasteiger partial charge in [0.1, 0.15) is 17.7 Å². The van der Waals surface area contributed by atoms with Crippen molar-refractivity contribution in [1.82, 2.24) is 10.2 Å². The standard InChI is InChI=1S/C33H38F2N2O3S/c1-22-8-6-7-11-28(22)30-18-23(12-13-29(30)32(38)36-31(33(39)40)14-15-41-2)20-37(27-9-4-3-5-10-27)21-24-16-25(34)19-26(35)17-24/h6-8,11-13,16-19,27,31H,3-5,9-10,14-15,20-21H2,1-2H3,(H,36,38)(H,39,40)/t31-/m0/s1. The molecule has 1 atom stereocenters. The number of carbonyl (C=O) groups is 2. The van der Waals surface area contributed by atoms with E-state index >= 15 is 0 Å². The normalized spacial score (nSPS) is 14.7. The maximum Gasteiger partial charge on any atom is 0.326 e. The van der Waals surface area contributed by atoms with Crippen LogP contribution < -0.4 is 5.32 Å². The summed E-state index contributed by atoms with van der Waals surface area (Å²) in [6.45, 7) is 2.95. The van der Waals surface area contributed by atoms with Crippen molar-refractivity contribution in [3.05, 3.63) is 94.6 Å². The molecule has 3 aromatic rings. The number of carbonyl (C=O) groups excluding carboxylic acids is 1. The molecule has 8 heteroatoms. The first-order valence-electron chi connectivity index (χ1n) is 14.2. The zero-order chi connectivity index (χ0) is 29.4. The molecule has 0 aromatic heterocycles. The predicted molar refractivity (Wildman–Crippen MR) is 161 cm³/mol. The molecule has 1 amide bonds. The van der Waals surface area contributed by atoms with Crippen LogP contribution in [-0.2, 0) is 17.9 Å². The Bertz CT molecular complexity index is 1340. The number of benzene rings is 3. The van der Waals surface area contributed by atoms with Gasteiger partial charge in [-0.1, -0.05) is 49.6 Å². The van der Waals surface area contributed by atoms with Gasteiger partial charge in [-0.2, -0.15) is 11.8 Å². The molecule has 0 aliphatic heterocycles. The van der Waals surface area contributed by atoms with Gasteiger partial charge in [-0.3, -0.25) is 9.69 Å². The van der Waals surface area contributed by atoms with Crippen LogP contribution in [0, 0.1) is 18.6 Å². The van der Waals surface area contributed by atoms with Gasteiger partial charge in [0, 0.05) is 30.8 Å². The van der Waals surface area contributed by atoms with Gasteiger partial charge >= 0.3 is 5.97 Å². The highest BCUT2D eigenvalue weighted by Gasteiger charge is 2.25. The second kappa shape index (κ2) is 14.6. The third-order valence-electron chi connectivity index (χ3n) is 7.76. The van der Waals surface area contributed by atoms with E-state index in [9.17, 15) is 23.5 Å². The summed E-state index contributed by atoms with van der Waals surface area (Å²) in [7, 11) is 0. The fourth-order valence-corrected chi connectivity index (χ4v) is 6.12. The molecule has 0 unspecified atom stereocenters. The molecule has 0 bridgehead atoms. The Hall–Kier alpha value is -3.23. The fourth-order valence-electron chi connectivity index (χ4n) is 5.65. The quantitative estimate of drug-likeness (QED) is 0.237. The second-order valence-corrected chi connectivity index (χ2v) is 11.8. The molecule has 4 rings (SSSR count). The summed E-state index contributed by atoms with van der Waals surface area (Å²) in [5, 5.41) is 12.4. The average molecular weight is 581 g/mol. The first-order chi connectivity index (χ1) is 19.7. The zero-order valence-electron chi connectivity index (χ0n) is 23.7. The van der Waals surface area contributed by atoms with E-state index in [0.29, 0.717) is 36.4 Å². The topological polar surface area (TPSA) is 69.6 Å². The summed E-state index contributed by atoms with van der Waals surface area (Å²) in [6.07, 6.45) is 7.70. The Morgan fingerprint density at radius 1 is 0.951 bits per heavy atom. The van der Waals surface area contributed by atoms with E-state index in [0.717, 1.165) is 54.0 Å². The number of thioether (sulfide) groups is 1. The number of rotatable bonds is 12. The molecule has 0 heterocycles. The smallest absolute Gasteiger partial charge is 0.326 e. The summed E-state index contributed by atoms with van der Waals surface area (Å²) in [5.74, 6) is -2.04. The highest BCUT2D eigenvalue weighted by atomic mass is 32.2. The third kappa shape index (κ3) is 8.39. The van der Waals surface area contributed by atoms with Crippen molar-refractivity contribution in [2.24, 2.45) is 0 Å². The molecule has 5 nitrogen and oxygen atoms in total. The number of hydrogen-bond donors (Lipinski definition) is 2. The summed E-state index contributed by atoms with van der Waals surface area (Å²) >= 11 is 1.53. The van der Waals surface area contributed by atoms with Gasteiger partial charge in [0.15, 0.2) is 0 Å². The molecular weight excluding hydrogens is 542 g/mol. The Morgan fingerprint density at radius 2 is 1.63 bits per heavy atom. The lowest BCUT2D eigenvalue weighted by Crippen LogP contribution is -2.41. The SMILES string of the molecule is CSCC[C@H](NC(=O)c1ccc(CN(Cc2cc(F)cc(F)c2)C2CCCCC2)cc1-c1ccccc1C)C(=O)O. The van der Waals surface area contributed by atoms with Gasteiger partial charge in [0.2, 0.25) is 0 Å². The van der Waals surface area contributed by atoms with Crippen LogP contribution in [0.25, 0.3) is 11.1 Å². The number of carboxylic acids is 1. The minimum atomic E-state index is -1.06. The molecule has 3 aromatic carbocycles. The lowest BCUT2D eigenvalue weighted by molar-refractivity contribution is -0.139. The van der Waals surface area contributed by atoms with Crippen LogP contribution in [0.15, 0.2) is 60.7 Å². The molecule has 41 heavy (non-hydrogen) atoms. The van der Waals surface area contributed by atoms with Crippen molar-refractivity contribution >= 4 is 23.6 Å². The van der Waals surface area contributed by atoms with Crippen LogP contribution in [0.1, 0.15) is 65.6 Å². The first-order valence-corrected chi connectivity index (χ1v) is 15.5. The lowest BCUT2D eigenvalue weighted by atomic mass is 9.91. The van der Waals surface area contributed by atoms with Crippen LogP contribution in [-0.4, -0.2) is 46.0 Å². The Balaban J connectivity index is 1.68. The molecule has 1 fully saturated rings. The molecule has 1 saturated carbocycles. The van der Waals surface area contributed by atoms with Gasteiger partial charge in [-0.25, -0.2) is 13.6 Å². The molecule has 0 spiro atoms. The Morgan fingerprint density at radius 3 is 2.29 bits per heavy atom. The van der Waals surface area contributed by atoms with Crippen LogP contribution >= 0.6 is 11.8 Å². The number of nitrogens with zero attached hydrogens (tertiary/aromatic N) is 1. The number of aryl methyl sites for hydroxylation is 1. The maximum atomic E-state index is 14.0. The largest absolute Gasteiger partial charge is 0.480 e. The number of nitrogens with one attached hydrogen (secondary N) is 1. The number of hydrogen-bond acceptors (Lipinski definition) is 4. The van der Waals surface area contributed by atoms with Gasteiger partial charge in [0.05, 0.1) is 0 Å². The van der Waals surface area contributed by atoms with Crippen LogP contribution in [0.2, 0.25) is 0 Å². The van der Waals surface area contributed by atoms with E-state index in [1.165, 1.54) is 30.3 Å². The van der Waals surface area contributed by atoms with Gasteiger partial charge < -0.3 is 10.4 Å². The highest BCUT2D eigenvalue weighted by molar-refractivity contribution is 7.98. The van der Waals surface area contributed by atoms with Gasteiger partial charge in [-0.05, 0) is 90.3 Å². The lowest BCUT2D eigenvalue weighted by Gasteiger charge is -2.34. The van der Waals surface area contributed by atoms with Crippen LogP contribution in [0.5, 0.6) is 0 Å². The van der Waals surface area contributed by atoms with Crippen LogP contribution in [0.4, 0.5) is 8.78 Å². The van der Waals surface area contributed by atoms with E-state index in [1.807, 2.05) is 49.6 Å². The van der Waals surface area contributed by atoms with Crippen LogP contribution in [0.3, 0.4) is 0 Å². The molecule has 0 radical (unpaired) electrons. The highest BCUT2D eigenvalue weighted by Crippen LogP contribution is 2.31. The minimum absolute atomic E-state index is 0.285. The number of carboxylic acid groups (broad SMARTS) is 1. The fraction of sp³-hybridized carbons (Fsp3) is 0.394. The second-order valence-electron chi connectivity index (χ2n) is 10.8. The predicted octanol–water partition coefficient (Wildman–Crippen LogP) is 7.21. The van der Waals surface area contributed by atoms with E-state index in [2.05, 4.69) is 10.2 Å². The van der Waals surface area contributed by atoms with E-state index in [4.69, 9.17) is 0 Å². The van der Waals surface area contributed by atoms with E-state index in [1.54, 1.807) is 6.07 Å². The maximum absolute atomic E-state index is 14.0. The summed E-state index contributed by atoms with van der Waals surface area (Å²) in [6, 6.07) is 16.4. The molecule has 1 aliphatic carbocycles. The van der Waals surface area contributed by atoms with Gasteiger partial charge in [-0.15, -0.1) is 0 Å². The molecule has 218 valence electrons. The summed E-state index contributed by atoms with van der Waals surface area (Å²) < 4.78 is 28.0. The number of amides is 1. The number of halogens is 2. The van der Waals surface area contributed by atoms with Crippen molar-refractivity contribution in [3.8, 4) is 11.1 Å². The Labute approximate surface area is 245 Å². The summed E-state index contributed by atoms with van der Waals surface area (Å²) in [4.78, 5) is 27.6. The van der Waals surface area contributed by atoms with E-state index < -0.39 is 29.6 Å². The molecular formula is C33H38F2N2O3S.